The van der Waals surface area contributed by atoms with Gasteiger partial charge in [0.15, 0.2) is 0 Å². The van der Waals surface area contributed by atoms with Gasteiger partial charge in [0.25, 0.3) is 0 Å². The maximum absolute atomic E-state index is 13.1. The maximum Gasteiger partial charge on any atom is 0.331 e. The summed E-state index contributed by atoms with van der Waals surface area (Å²) in [5, 5.41) is 5.78. The second-order valence-corrected chi connectivity index (χ2v) is 9.03. The zero-order chi connectivity index (χ0) is 25.5. The minimum Gasteiger partial charge on any atom is -0.377 e. The number of anilines is 1. The van der Waals surface area contributed by atoms with E-state index in [2.05, 4.69) is 5.32 Å². The molecule has 3 rings (SSSR count). The largest absolute Gasteiger partial charge is 0.377 e. The number of rotatable bonds is 8. The van der Waals surface area contributed by atoms with Gasteiger partial charge in [0.05, 0.1) is 6.54 Å². The molecule has 0 unspecified atom stereocenters. The van der Waals surface area contributed by atoms with Gasteiger partial charge in [0, 0.05) is 60.1 Å². The molecule has 1 aliphatic rings. The average Bonchev–Trinajstić information content (AvgIpc) is 2.85. The number of hydrazine groups is 1. The number of likely N-dealkylation sites (N-methyl/N-ethyl adjacent to an activating group) is 1. The summed E-state index contributed by atoms with van der Waals surface area (Å²) in [4.78, 5) is 44.1. The van der Waals surface area contributed by atoms with Crippen LogP contribution in [-0.2, 0) is 22.7 Å². The SMILES string of the molecule is C[C@H]1C(=O)N(Cc2ccccc2N(C)C)CCN1C(=O)CN(C)N(C)C(=O)NCc1ccccc1. The first-order chi connectivity index (χ1) is 16.7. The Hall–Kier alpha value is -3.59. The van der Waals surface area contributed by atoms with Crippen LogP contribution in [0.25, 0.3) is 0 Å². The van der Waals surface area contributed by atoms with E-state index in [1.54, 1.807) is 30.9 Å². The number of nitrogens with zero attached hydrogens (tertiary/aromatic N) is 5. The van der Waals surface area contributed by atoms with Crippen molar-refractivity contribution < 1.29 is 14.4 Å². The van der Waals surface area contributed by atoms with Crippen molar-refractivity contribution in [2.75, 3.05) is 52.7 Å². The number of amides is 4. The van der Waals surface area contributed by atoms with Crippen LogP contribution in [0.4, 0.5) is 10.5 Å². The molecule has 1 heterocycles. The number of piperazine rings is 1. The molecule has 1 atom stereocenters. The van der Waals surface area contributed by atoms with E-state index < -0.39 is 6.04 Å². The molecule has 0 aliphatic carbocycles. The molecule has 1 saturated heterocycles. The summed E-state index contributed by atoms with van der Waals surface area (Å²) < 4.78 is 0. The number of carbonyl (C=O) groups excluding carboxylic acids is 3. The molecule has 0 saturated carbocycles. The first kappa shape index (κ1) is 26.0. The van der Waals surface area contributed by atoms with Gasteiger partial charge in [-0.25, -0.2) is 9.80 Å². The molecule has 0 bridgehead atoms. The second kappa shape index (κ2) is 11.7. The van der Waals surface area contributed by atoms with E-state index in [1.807, 2.05) is 78.5 Å². The third kappa shape index (κ3) is 6.51. The van der Waals surface area contributed by atoms with E-state index in [0.717, 1.165) is 16.8 Å². The van der Waals surface area contributed by atoms with Crippen molar-refractivity contribution in [3.05, 3.63) is 65.7 Å². The summed E-state index contributed by atoms with van der Waals surface area (Å²) >= 11 is 0. The number of para-hydroxylation sites is 1. The van der Waals surface area contributed by atoms with Crippen LogP contribution in [0.3, 0.4) is 0 Å². The predicted octanol–water partition coefficient (Wildman–Crippen LogP) is 2.00. The number of urea groups is 1. The molecule has 188 valence electrons. The van der Waals surface area contributed by atoms with Crippen molar-refractivity contribution in [2.45, 2.75) is 26.1 Å². The zero-order valence-electron chi connectivity index (χ0n) is 21.3. The third-order valence-corrected chi connectivity index (χ3v) is 6.36. The molecule has 1 aliphatic heterocycles. The Bertz CT molecular complexity index is 1030. The summed E-state index contributed by atoms with van der Waals surface area (Å²) in [5.74, 6) is -0.265. The molecule has 9 nitrogen and oxygen atoms in total. The molecular weight excluding hydrogens is 444 g/mol. The summed E-state index contributed by atoms with van der Waals surface area (Å²) in [6.07, 6.45) is 0. The molecule has 2 aromatic carbocycles. The molecule has 35 heavy (non-hydrogen) atoms. The quantitative estimate of drug-likeness (QED) is 0.585. The van der Waals surface area contributed by atoms with Crippen LogP contribution in [0.15, 0.2) is 54.6 Å². The average molecular weight is 481 g/mol. The van der Waals surface area contributed by atoms with Gasteiger partial charge in [0.2, 0.25) is 11.8 Å². The van der Waals surface area contributed by atoms with Crippen LogP contribution in [-0.4, -0.2) is 91.5 Å². The third-order valence-electron chi connectivity index (χ3n) is 6.36. The predicted molar refractivity (Wildman–Crippen MR) is 136 cm³/mol. The van der Waals surface area contributed by atoms with Crippen LogP contribution in [0.5, 0.6) is 0 Å². The molecule has 4 amide bonds. The molecule has 2 aromatic rings. The lowest BCUT2D eigenvalue weighted by Gasteiger charge is -2.40. The van der Waals surface area contributed by atoms with Crippen molar-refractivity contribution in [2.24, 2.45) is 0 Å². The highest BCUT2D eigenvalue weighted by Gasteiger charge is 2.35. The molecule has 0 spiro atoms. The van der Waals surface area contributed by atoms with Gasteiger partial charge >= 0.3 is 6.03 Å². The lowest BCUT2D eigenvalue weighted by molar-refractivity contribution is -0.152. The van der Waals surface area contributed by atoms with Crippen LogP contribution >= 0.6 is 0 Å². The summed E-state index contributed by atoms with van der Waals surface area (Å²) in [6, 6.07) is 16.8. The Morgan fingerprint density at radius 3 is 2.31 bits per heavy atom. The number of nitrogens with one attached hydrogen (secondary N) is 1. The molecule has 0 aromatic heterocycles. The highest BCUT2D eigenvalue weighted by Crippen LogP contribution is 2.22. The monoisotopic (exact) mass is 480 g/mol. The van der Waals surface area contributed by atoms with Crippen LogP contribution in [0.2, 0.25) is 0 Å². The topological polar surface area (TPSA) is 79.4 Å². The maximum atomic E-state index is 13.1. The van der Waals surface area contributed by atoms with Gasteiger partial charge < -0.3 is 20.0 Å². The van der Waals surface area contributed by atoms with Gasteiger partial charge in [-0.2, -0.15) is 0 Å². The number of carbonyl (C=O) groups is 3. The summed E-state index contributed by atoms with van der Waals surface area (Å²) in [6.45, 7) is 3.58. The zero-order valence-corrected chi connectivity index (χ0v) is 21.3. The van der Waals surface area contributed by atoms with Crippen molar-refractivity contribution in [1.29, 1.82) is 0 Å². The first-order valence-corrected chi connectivity index (χ1v) is 11.8. The second-order valence-electron chi connectivity index (χ2n) is 9.03. The minimum atomic E-state index is -0.562. The van der Waals surface area contributed by atoms with Crippen molar-refractivity contribution in [1.82, 2.24) is 25.1 Å². The highest BCUT2D eigenvalue weighted by molar-refractivity contribution is 5.89. The van der Waals surface area contributed by atoms with Crippen molar-refractivity contribution in [3.63, 3.8) is 0 Å². The molecule has 9 heteroatoms. The van der Waals surface area contributed by atoms with Crippen molar-refractivity contribution in [3.8, 4) is 0 Å². The smallest absolute Gasteiger partial charge is 0.331 e. The van der Waals surface area contributed by atoms with Crippen molar-refractivity contribution >= 4 is 23.5 Å². The van der Waals surface area contributed by atoms with E-state index in [9.17, 15) is 14.4 Å². The van der Waals surface area contributed by atoms with Gasteiger partial charge in [0.1, 0.15) is 6.04 Å². The lowest BCUT2D eigenvalue weighted by atomic mass is 10.1. The lowest BCUT2D eigenvalue weighted by Crippen LogP contribution is -2.59. The van der Waals surface area contributed by atoms with E-state index in [4.69, 9.17) is 0 Å². The summed E-state index contributed by atoms with van der Waals surface area (Å²) in [7, 11) is 7.26. The van der Waals surface area contributed by atoms with Gasteiger partial charge in [-0.15, -0.1) is 0 Å². The fourth-order valence-corrected chi connectivity index (χ4v) is 4.15. The first-order valence-electron chi connectivity index (χ1n) is 11.8. The Kier molecular flexibility index (Phi) is 8.70. The van der Waals surface area contributed by atoms with Crippen LogP contribution in [0.1, 0.15) is 18.1 Å². The van der Waals surface area contributed by atoms with Gasteiger partial charge in [-0.3, -0.25) is 14.6 Å². The Labute approximate surface area is 207 Å². The molecule has 1 fully saturated rings. The fourth-order valence-electron chi connectivity index (χ4n) is 4.15. The van der Waals surface area contributed by atoms with Gasteiger partial charge in [-0.05, 0) is 24.1 Å². The Morgan fingerprint density at radius 1 is 0.971 bits per heavy atom. The van der Waals surface area contributed by atoms with E-state index in [-0.39, 0.29) is 24.4 Å². The van der Waals surface area contributed by atoms with E-state index in [1.165, 1.54) is 5.01 Å². The standard InChI is InChI=1S/C26H36N6O3/c1-20-25(34)31(18-22-13-9-10-14-23(22)28(2)3)15-16-32(20)24(33)19-29(4)30(5)26(35)27-17-21-11-7-6-8-12-21/h6-14,20H,15-19H2,1-5H3,(H,27,35)/t20-/m0/s1. The number of hydrogen-bond donors (Lipinski definition) is 1. The van der Waals surface area contributed by atoms with Crippen LogP contribution < -0.4 is 10.2 Å². The number of hydrogen-bond acceptors (Lipinski definition) is 5. The van der Waals surface area contributed by atoms with E-state index >= 15 is 0 Å². The minimum absolute atomic E-state index is 0.00363. The Balaban J connectivity index is 1.54. The molecular formula is C26H36N6O3. The number of benzene rings is 2. The fraction of sp³-hybridized carbons (Fsp3) is 0.423. The molecule has 0 radical (unpaired) electrons. The normalized spacial score (nSPS) is 15.8. The van der Waals surface area contributed by atoms with E-state index in [0.29, 0.717) is 26.2 Å². The molecule has 1 N–H and O–H groups in total. The van der Waals surface area contributed by atoms with Gasteiger partial charge in [-0.1, -0.05) is 48.5 Å². The summed E-state index contributed by atoms with van der Waals surface area (Å²) in [5.41, 5.74) is 3.13. The van der Waals surface area contributed by atoms with Crippen LogP contribution in [0, 0.1) is 0 Å². The highest BCUT2D eigenvalue weighted by atomic mass is 16.2. The Morgan fingerprint density at radius 2 is 1.63 bits per heavy atom.